The molecule has 0 bridgehead atoms. The zero-order valence-electron chi connectivity index (χ0n) is 11.3. The van der Waals surface area contributed by atoms with E-state index in [2.05, 4.69) is 74.7 Å². The van der Waals surface area contributed by atoms with Gasteiger partial charge in [-0.25, -0.2) is 9.13 Å². The Bertz CT molecular complexity index is 347. The second-order valence-corrected chi connectivity index (χ2v) is 5.29. The molecule has 0 saturated heterocycles. The third-order valence-electron chi connectivity index (χ3n) is 3.20. The van der Waals surface area contributed by atoms with Gasteiger partial charge >= 0.3 is 0 Å². The van der Waals surface area contributed by atoms with Crippen molar-refractivity contribution in [2.45, 2.75) is 46.1 Å². The van der Waals surface area contributed by atoms with Gasteiger partial charge in [-0.15, -0.1) is 0 Å². The van der Waals surface area contributed by atoms with Crippen LogP contribution in [0.3, 0.4) is 0 Å². The molecular weight excluding hydrogens is 196 g/mol. The molecule has 0 aliphatic rings. The number of aryl methyl sites for hydroxylation is 1. The van der Waals surface area contributed by atoms with Crippen molar-refractivity contribution in [1.29, 1.82) is 0 Å². The first-order chi connectivity index (χ1) is 7.45. The van der Waals surface area contributed by atoms with Gasteiger partial charge in [0.25, 0.3) is 0 Å². The Kier molecular flexibility index (Phi) is 4.34. The van der Waals surface area contributed by atoms with Gasteiger partial charge in [0.1, 0.15) is 17.9 Å². The second-order valence-electron chi connectivity index (χ2n) is 5.29. The highest BCUT2D eigenvalue weighted by molar-refractivity contribution is 5.00. The molecule has 2 heteroatoms. The summed E-state index contributed by atoms with van der Waals surface area (Å²) >= 11 is 0. The minimum atomic E-state index is 0.0642. The number of hydrogen-bond acceptors (Lipinski definition) is 0. The Morgan fingerprint density at radius 3 is 2.62 bits per heavy atom. The van der Waals surface area contributed by atoms with Crippen molar-refractivity contribution in [2.24, 2.45) is 13.0 Å². The second kappa shape index (κ2) is 5.33. The molecule has 0 fully saturated rings. The average molecular weight is 221 g/mol. The largest absolute Gasteiger partial charge is 0.244 e. The average Bonchev–Trinajstić information content (AvgIpc) is 2.65. The summed E-state index contributed by atoms with van der Waals surface area (Å²) in [6.45, 7) is 9.02. The molecule has 0 unspecified atom stereocenters. The molecule has 0 aliphatic heterocycles. The molecule has 1 rings (SSSR count). The van der Waals surface area contributed by atoms with Crippen molar-refractivity contribution in [3.63, 3.8) is 0 Å². The molecule has 0 amide bonds. The summed E-state index contributed by atoms with van der Waals surface area (Å²) in [6, 6.07) is 0. The molecule has 0 N–H and O–H groups in total. The van der Waals surface area contributed by atoms with Crippen LogP contribution in [0.1, 0.15) is 40.5 Å². The Balaban J connectivity index is 2.64. The molecule has 2 nitrogen and oxygen atoms in total. The van der Waals surface area contributed by atoms with Gasteiger partial charge in [-0.3, -0.25) is 0 Å². The lowest BCUT2D eigenvalue weighted by atomic mass is 10.0. The first kappa shape index (κ1) is 13.0. The maximum Gasteiger partial charge on any atom is 0.244 e. The molecule has 0 radical (unpaired) electrons. The smallest absolute Gasteiger partial charge is 0.240 e. The topological polar surface area (TPSA) is 8.81 Å². The van der Waals surface area contributed by atoms with E-state index in [9.17, 15) is 0 Å². The number of rotatable bonds is 5. The maximum absolute atomic E-state index is 2.31. The zero-order chi connectivity index (χ0) is 12.2. The fourth-order valence-electron chi connectivity index (χ4n) is 1.63. The van der Waals surface area contributed by atoms with Gasteiger partial charge in [0.15, 0.2) is 0 Å². The van der Waals surface area contributed by atoms with Crippen LogP contribution in [0, 0.1) is 5.92 Å². The highest BCUT2D eigenvalue weighted by Gasteiger charge is 2.21. The van der Waals surface area contributed by atoms with Crippen LogP contribution in [0.25, 0.3) is 0 Å². The molecule has 1 atom stereocenters. The molecule has 1 heterocycles. The van der Waals surface area contributed by atoms with Crippen LogP contribution < -0.4 is 4.57 Å². The number of aromatic nitrogens is 2. The summed E-state index contributed by atoms with van der Waals surface area (Å²) in [6.07, 6.45) is 13.4. The van der Waals surface area contributed by atoms with Crippen LogP contribution in [0.4, 0.5) is 0 Å². The Labute approximate surface area is 99.6 Å². The number of imidazole rings is 1. The number of hydrogen-bond donors (Lipinski definition) is 0. The Morgan fingerprint density at radius 2 is 2.12 bits per heavy atom. The van der Waals surface area contributed by atoms with Crippen LogP contribution in [-0.4, -0.2) is 4.57 Å². The zero-order valence-corrected chi connectivity index (χ0v) is 11.3. The van der Waals surface area contributed by atoms with Crippen molar-refractivity contribution >= 4 is 0 Å². The highest BCUT2D eigenvalue weighted by Crippen LogP contribution is 2.17. The predicted octanol–water partition coefficient (Wildman–Crippen LogP) is 3.04. The van der Waals surface area contributed by atoms with Gasteiger partial charge in [-0.05, 0) is 32.3 Å². The Hall–Kier alpha value is -1.05. The normalized spacial score (nSPS) is 14.6. The van der Waals surface area contributed by atoms with Crippen molar-refractivity contribution in [3.05, 3.63) is 30.9 Å². The lowest BCUT2D eigenvalue weighted by molar-refractivity contribution is -0.671. The molecule has 1 aromatic rings. The SMILES string of the molecule is CC[C@H](C)CC=CC(C)(C)n1cc[n+](C)c1. The van der Waals surface area contributed by atoms with Gasteiger partial charge in [0, 0.05) is 0 Å². The number of allylic oxidation sites excluding steroid dienone is 2. The minimum absolute atomic E-state index is 0.0642. The molecule has 0 aromatic carbocycles. The van der Waals surface area contributed by atoms with Gasteiger partial charge in [0.05, 0.1) is 7.05 Å². The third-order valence-corrected chi connectivity index (χ3v) is 3.20. The minimum Gasteiger partial charge on any atom is -0.240 e. The number of nitrogens with zero attached hydrogens (tertiary/aromatic N) is 2. The summed E-state index contributed by atoms with van der Waals surface area (Å²) in [5, 5.41) is 0. The predicted molar refractivity (Wildman–Crippen MR) is 68.1 cm³/mol. The summed E-state index contributed by atoms with van der Waals surface area (Å²) in [5.41, 5.74) is 0.0642. The van der Waals surface area contributed by atoms with E-state index in [1.54, 1.807) is 0 Å². The van der Waals surface area contributed by atoms with E-state index < -0.39 is 0 Å². The first-order valence-corrected chi connectivity index (χ1v) is 6.17. The third kappa shape index (κ3) is 3.51. The van der Waals surface area contributed by atoms with Crippen molar-refractivity contribution in [2.75, 3.05) is 0 Å². The van der Waals surface area contributed by atoms with E-state index in [1.807, 2.05) is 0 Å². The summed E-state index contributed by atoms with van der Waals surface area (Å²) in [5.74, 6) is 0.785. The van der Waals surface area contributed by atoms with Gasteiger partial charge in [-0.2, -0.15) is 0 Å². The lowest BCUT2D eigenvalue weighted by Crippen LogP contribution is -2.28. The quantitative estimate of drug-likeness (QED) is 0.534. The van der Waals surface area contributed by atoms with Crippen LogP contribution >= 0.6 is 0 Å². The standard InChI is InChI=1S/C14H25N2/c1-6-13(2)8-7-9-14(3,4)16-11-10-15(5)12-16/h7,9-13H,6,8H2,1-5H3/q+1/t13-/m0/s1. The summed E-state index contributed by atoms with van der Waals surface area (Å²) < 4.78 is 4.31. The molecule has 0 spiro atoms. The van der Waals surface area contributed by atoms with E-state index in [4.69, 9.17) is 0 Å². The summed E-state index contributed by atoms with van der Waals surface area (Å²) in [7, 11) is 2.05. The monoisotopic (exact) mass is 221 g/mol. The summed E-state index contributed by atoms with van der Waals surface area (Å²) in [4.78, 5) is 0. The molecule has 0 saturated carbocycles. The molecule has 16 heavy (non-hydrogen) atoms. The fourth-order valence-corrected chi connectivity index (χ4v) is 1.63. The van der Waals surface area contributed by atoms with E-state index >= 15 is 0 Å². The fraction of sp³-hybridized carbons (Fsp3) is 0.643. The molecular formula is C14H25N2+. The highest BCUT2D eigenvalue weighted by atomic mass is 15.1. The van der Waals surface area contributed by atoms with Crippen molar-refractivity contribution in [1.82, 2.24) is 4.57 Å². The van der Waals surface area contributed by atoms with Crippen LogP contribution in [-0.2, 0) is 12.6 Å². The molecule has 1 aromatic heterocycles. The van der Waals surface area contributed by atoms with Gasteiger partial charge in [-0.1, -0.05) is 26.3 Å². The van der Waals surface area contributed by atoms with Crippen LogP contribution in [0.15, 0.2) is 30.9 Å². The lowest BCUT2D eigenvalue weighted by Gasteiger charge is -2.16. The van der Waals surface area contributed by atoms with E-state index in [-0.39, 0.29) is 5.54 Å². The first-order valence-electron chi connectivity index (χ1n) is 6.17. The molecule has 90 valence electrons. The van der Waals surface area contributed by atoms with Gasteiger partial charge < -0.3 is 0 Å². The van der Waals surface area contributed by atoms with E-state index in [1.165, 1.54) is 12.8 Å². The van der Waals surface area contributed by atoms with Crippen LogP contribution in [0.5, 0.6) is 0 Å². The van der Waals surface area contributed by atoms with Crippen LogP contribution in [0.2, 0.25) is 0 Å². The van der Waals surface area contributed by atoms with E-state index in [0.29, 0.717) is 0 Å². The maximum atomic E-state index is 2.31. The Morgan fingerprint density at radius 1 is 1.44 bits per heavy atom. The van der Waals surface area contributed by atoms with E-state index in [0.717, 1.165) is 5.92 Å². The van der Waals surface area contributed by atoms with Crippen molar-refractivity contribution < 1.29 is 4.57 Å². The van der Waals surface area contributed by atoms with Gasteiger partial charge in [0.2, 0.25) is 6.33 Å². The molecule has 0 aliphatic carbocycles. The van der Waals surface area contributed by atoms with Crippen molar-refractivity contribution in [3.8, 4) is 0 Å².